The number of benzene rings is 2. The number of para-hydroxylation sites is 1. The van der Waals surface area contributed by atoms with Crippen LogP contribution in [0.4, 0.5) is 10.1 Å². The van der Waals surface area contributed by atoms with Gasteiger partial charge in [0.1, 0.15) is 5.82 Å². The van der Waals surface area contributed by atoms with Gasteiger partial charge >= 0.3 is 0 Å². The zero-order valence-corrected chi connectivity index (χ0v) is 14.4. The molecule has 25 heavy (non-hydrogen) atoms. The first kappa shape index (κ1) is 17.4. The molecule has 0 radical (unpaired) electrons. The summed E-state index contributed by atoms with van der Waals surface area (Å²) in [4.78, 5) is 26.3. The van der Waals surface area contributed by atoms with E-state index in [2.05, 4.69) is 5.32 Å². The maximum Gasteiger partial charge on any atom is 0.254 e. The van der Waals surface area contributed by atoms with Gasteiger partial charge in [0, 0.05) is 30.2 Å². The third-order valence-electron chi connectivity index (χ3n) is 4.21. The van der Waals surface area contributed by atoms with Crippen molar-refractivity contribution in [3.8, 4) is 0 Å². The topological polar surface area (TPSA) is 49.4 Å². The van der Waals surface area contributed by atoms with Gasteiger partial charge in [-0.05, 0) is 42.7 Å². The molecule has 0 spiro atoms. The second kappa shape index (κ2) is 7.66. The number of hydrogen-bond acceptors (Lipinski definition) is 2. The molecule has 2 aromatic rings. The van der Waals surface area contributed by atoms with Crippen molar-refractivity contribution < 1.29 is 14.0 Å². The molecule has 1 heterocycles. The number of carbonyl (C=O) groups is 2. The SMILES string of the molecule is O=C(NCCC(=O)N1CCCc2ccccc21)c1cc(Cl)ccc1F. The van der Waals surface area contributed by atoms with Crippen molar-refractivity contribution >= 4 is 29.1 Å². The summed E-state index contributed by atoms with van der Waals surface area (Å²) in [5.41, 5.74) is 1.97. The molecule has 6 heteroatoms. The van der Waals surface area contributed by atoms with Gasteiger partial charge in [0.2, 0.25) is 5.91 Å². The minimum absolute atomic E-state index is 0.0565. The Labute approximate surface area is 150 Å². The number of carbonyl (C=O) groups excluding carboxylic acids is 2. The van der Waals surface area contributed by atoms with Gasteiger partial charge in [-0.25, -0.2) is 4.39 Å². The van der Waals surface area contributed by atoms with Crippen molar-refractivity contribution in [3.05, 3.63) is 64.4 Å². The Balaban J connectivity index is 1.58. The molecular formula is C19H18ClFN2O2. The van der Waals surface area contributed by atoms with Gasteiger partial charge in [-0.2, -0.15) is 0 Å². The molecule has 0 aliphatic carbocycles. The summed E-state index contributed by atoms with van der Waals surface area (Å²) in [6.45, 7) is 0.814. The number of hydrogen-bond donors (Lipinski definition) is 1. The summed E-state index contributed by atoms with van der Waals surface area (Å²) in [6, 6.07) is 11.6. The van der Waals surface area contributed by atoms with Gasteiger partial charge in [0.05, 0.1) is 5.56 Å². The first-order valence-electron chi connectivity index (χ1n) is 8.18. The van der Waals surface area contributed by atoms with Crippen LogP contribution in [0.25, 0.3) is 0 Å². The Bertz CT molecular complexity index is 810. The largest absolute Gasteiger partial charge is 0.351 e. The fraction of sp³-hybridized carbons (Fsp3) is 0.263. The summed E-state index contributed by atoms with van der Waals surface area (Å²) < 4.78 is 13.7. The predicted molar refractivity (Wildman–Crippen MR) is 95.5 cm³/mol. The number of amides is 2. The minimum Gasteiger partial charge on any atom is -0.351 e. The molecule has 130 valence electrons. The molecule has 0 aromatic heterocycles. The quantitative estimate of drug-likeness (QED) is 0.906. The summed E-state index contributed by atoms with van der Waals surface area (Å²) in [6.07, 6.45) is 2.04. The van der Waals surface area contributed by atoms with Crippen LogP contribution < -0.4 is 10.2 Å². The molecule has 0 fully saturated rings. The molecule has 2 amide bonds. The van der Waals surface area contributed by atoms with Crippen molar-refractivity contribution in [3.63, 3.8) is 0 Å². The summed E-state index contributed by atoms with van der Waals surface area (Å²) >= 11 is 5.79. The molecule has 1 aliphatic rings. The fourth-order valence-corrected chi connectivity index (χ4v) is 3.15. The number of fused-ring (bicyclic) bond motifs is 1. The number of nitrogens with one attached hydrogen (secondary N) is 1. The van der Waals surface area contributed by atoms with E-state index in [1.165, 1.54) is 12.1 Å². The molecule has 0 saturated heterocycles. The van der Waals surface area contributed by atoms with Gasteiger partial charge in [-0.15, -0.1) is 0 Å². The first-order chi connectivity index (χ1) is 12.1. The highest BCUT2D eigenvalue weighted by atomic mass is 35.5. The second-order valence-electron chi connectivity index (χ2n) is 5.91. The van der Waals surface area contributed by atoms with Crippen molar-refractivity contribution in [1.82, 2.24) is 5.32 Å². The molecule has 0 bridgehead atoms. The predicted octanol–water partition coefficient (Wildman–Crippen LogP) is 3.58. The maximum absolute atomic E-state index is 13.7. The lowest BCUT2D eigenvalue weighted by molar-refractivity contribution is -0.118. The van der Waals surface area contributed by atoms with Crippen LogP contribution in [-0.2, 0) is 11.2 Å². The molecule has 1 aliphatic heterocycles. The fourth-order valence-electron chi connectivity index (χ4n) is 2.98. The van der Waals surface area contributed by atoms with Crippen LogP contribution in [0.3, 0.4) is 0 Å². The normalized spacial score (nSPS) is 13.3. The van der Waals surface area contributed by atoms with Crippen LogP contribution in [0, 0.1) is 5.82 Å². The van der Waals surface area contributed by atoms with Crippen molar-refractivity contribution in [2.75, 3.05) is 18.0 Å². The van der Waals surface area contributed by atoms with E-state index >= 15 is 0 Å². The van der Waals surface area contributed by atoms with E-state index in [1.807, 2.05) is 24.3 Å². The lowest BCUT2D eigenvalue weighted by atomic mass is 10.0. The Morgan fingerprint density at radius 2 is 2.00 bits per heavy atom. The van der Waals surface area contributed by atoms with Gasteiger partial charge in [0.25, 0.3) is 5.91 Å². The van der Waals surface area contributed by atoms with E-state index in [4.69, 9.17) is 11.6 Å². The van der Waals surface area contributed by atoms with E-state index in [9.17, 15) is 14.0 Å². The highest BCUT2D eigenvalue weighted by Gasteiger charge is 2.22. The van der Waals surface area contributed by atoms with Crippen LogP contribution in [0.15, 0.2) is 42.5 Å². The number of rotatable bonds is 4. The van der Waals surface area contributed by atoms with E-state index in [0.29, 0.717) is 6.54 Å². The third-order valence-corrected chi connectivity index (χ3v) is 4.44. The molecule has 3 rings (SSSR count). The van der Waals surface area contributed by atoms with Crippen molar-refractivity contribution in [1.29, 1.82) is 0 Å². The highest BCUT2D eigenvalue weighted by molar-refractivity contribution is 6.31. The molecule has 0 unspecified atom stereocenters. The van der Waals surface area contributed by atoms with Gasteiger partial charge in [-0.1, -0.05) is 29.8 Å². The zero-order valence-electron chi connectivity index (χ0n) is 13.6. The minimum atomic E-state index is -0.641. The van der Waals surface area contributed by atoms with Crippen LogP contribution in [0.2, 0.25) is 5.02 Å². The van der Waals surface area contributed by atoms with Crippen molar-refractivity contribution in [2.45, 2.75) is 19.3 Å². The van der Waals surface area contributed by atoms with Crippen LogP contribution in [0.5, 0.6) is 0 Å². The Morgan fingerprint density at radius 1 is 1.20 bits per heavy atom. The average Bonchev–Trinajstić information content (AvgIpc) is 2.63. The smallest absolute Gasteiger partial charge is 0.254 e. The standard InChI is InChI=1S/C19H18ClFN2O2/c20-14-7-8-16(21)15(12-14)19(25)22-10-9-18(24)23-11-3-5-13-4-1-2-6-17(13)23/h1-2,4,6-8,12H,3,5,9-11H2,(H,22,25). The lowest BCUT2D eigenvalue weighted by Crippen LogP contribution is -2.37. The molecule has 1 N–H and O–H groups in total. The van der Waals surface area contributed by atoms with Crippen LogP contribution in [0.1, 0.15) is 28.8 Å². The van der Waals surface area contributed by atoms with Crippen LogP contribution >= 0.6 is 11.6 Å². The summed E-state index contributed by atoms with van der Waals surface area (Å²) in [5.74, 6) is -1.27. The molecular weight excluding hydrogens is 343 g/mol. The average molecular weight is 361 g/mol. The van der Waals surface area contributed by atoms with E-state index in [-0.39, 0.29) is 29.5 Å². The summed E-state index contributed by atoms with van der Waals surface area (Å²) in [7, 11) is 0. The number of nitrogens with zero attached hydrogens (tertiary/aromatic N) is 1. The first-order valence-corrected chi connectivity index (χ1v) is 8.55. The molecule has 2 aromatic carbocycles. The monoisotopic (exact) mass is 360 g/mol. The third kappa shape index (κ3) is 3.99. The van der Waals surface area contributed by atoms with E-state index in [1.54, 1.807) is 4.90 Å². The maximum atomic E-state index is 13.7. The molecule has 0 atom stereocenters. The van der Waals surface area contributed by atoms with Crippen molar-refractivity contribution in [2.24, 2.45) is 0 Å². The number of halogens is 2. The second-order valence-corrected chi connectivity index (χ2v) is 6.34. The zero-order chi connectivity index (χ0) is 17.8. The van der Waals surface area contributed by atoms with Crippen LogP contribution in [-0.4, -0.2) is 24.9 Å². The Morgan fingerprint density at radius 3 is 2.84 bits per heavy atom. The molecule has 0 saturated carbocycles. The highest BCUT2D eigenvalue weighted by Crippen LogP contribution is 2.27. The molecule has 4 nitrogen and oxygen atoms in total. The van der Waals surface area contributed by atoms with Gasteiger partial charge in [0.15, 0.2) is 0 Å². The number of anilines is 1. The van der Waals surface area contributed by atoms with Gasteiger partial charge in [-0.3, -0.25) is 9.59 Å². The lowest BCUT2D eigenvalue weighted by Gasteiger charge is -2.29. The summed E-state index contributed by atoms with van der Waals surface area (Å²) in [5, 5.41) is 2.86. The van der Waals surface area contributed by atoms with Gasteiger partial charge < -0.3 is 10.2 Å². The Kier molecular flexibility index (Phi) is 5.34. The van der Waals surface area contributed by atoms with E-state index < -0.39 is 11.7 Å². The van der Waals surface area contributed by atoms with E-state index in [0.717, 1.165) is 30.2 Å². The number of aryl methyl sites for hydroxylation is 1. The Hall–Kier alpha value is -2.40.